The molecular formula is C31H37FN4O2. The van der Waals surface area contributed by atoms with Crippen LogP contribution in [-0.4, -0.2) is 42.3 Å². The predicted molar refractivity (Wildman–Crippen MR) is 150 cm³/mol. The molecule has 0 aliphatic carbocycles. The fourth-order valence-electron chi connectivity index (χ4n) is 5.09. The van der Waals surface area contributed by atoms with Gasteiger partial charge in [0, 0.05) is 32.5 Å². The summed E-state index contributed by atoms with van der Waals surface area (Å²) in [5.41, 5.74) is 3.15. The van der Waals surface area contributed by atoms with Crippen LogP contribution in [0.1, 0.15) is 66.7 Å². The third kappa shape index (κ3) is 5.72. The Morgan fingerprint density at radius 2 is 1.82 bits per heavy atom. The molecule has 7 heteroatoms. The zero-order valence-corrected chi connectivity index (χ0v) is 23.1. The molecule has 0 spiro atoms. The fourth-order valence-corrected chi connectivity index (χ4v) is 5.09. The van der Waals surface area contributed by atoms with Gasteiger partial charge < -0.3 is 15.1 Å². The highest BCUT2D eigenvalue weighted by atomic mass is 19.1. The van der Waals surface area contributed by atoms with Crippen molar-refractivity contribution in [2.75, 3.05) is 30.9 Å². The van der Waals surface area contributed by atoms with Gasteiger partial charge in [-0.15, -0.1) is 0 Å². The molecule has 1 fully saturated rings. The average molecular weight is 517 g/mol. The molecule has 2 unspecified atom stereocenters. The Bertz CT molecular complexity index is 1290. The van der Waals surface area contributed by atoms with Crippen LogP contribution in [0.4, 0.5) is 15.9 Å². The number of hydrogen-bond acceptors (Lipinski definition) is 4. The van der Waals surface area contributed by atoms with Gasteiger partial charge in [-0.1, -0.05) is 51.1 Å². The van der Waals surface area contributed by atoms with Crippen LogP contribution in [0, 0.1) is 18.7 Å². The molecule has 1 aliphatic rings. The van der Waals surface area contributed by atoms with Gasteiger partial charge in [0.25, 0.3) is 5.91 Å². The number of likely N-dealkylation sites (tertiary alicyclic amines) is 1. The van der Waals surface area contributed by atoms with Crippen molar-refractivity contribution in [1.82, 2.24) is 9.88 Å². The Kier molecular flexibility index (Phi) is 7.86. The van der Waals surface area contributed by atoms with E-state index < -0.39 is 23.7 Å². The first-order chi connectivity index (χ1) is 18.0. The smallest absolute Gasteiger partial charge is 0.257 e. The van der Waals surface area contributed by atoms with Crippen molar-refractivity contribution in [2.24, 2.45) is 5.92 Å². The SMILES string of the molecule is Cc1cccc(F)c1C(=O)N1CCCC(C(=O)Nc2cccc(C(C)(C)C)c2)C1c1ccc(N(C)C)nc1. The molecule has 200 valence electrons. The lowest BCUT2D eigenvalue weighted by Crippen LogP contribution is -2.46. The maximum atomic E-state index is 14.9. The Morgan fingerprint density at radius 3 is 2.45 bits per heavy atom. The lowest BCUT2D eigenvalue weighted by molar-refractivity contribution is -0.123. The summed E-state index contributed by atoms with van der Waals surface area (Å²) >= 11 is 0. The van der Waals surface area contributed by atoms with Gasteiger partial charge in [-0.05, 0) is 66.1 Å². The molecule has 1 N–H and O–H groups in total. The van der Waals surface area contributed by atoms with Crippen molar-refractivity contribution in [3.63, 3.8) is 0 Å². The highest BCUT2D eigenvalue weighted by Crippen LogP contribution is 2.39. The van der Waals surface area contributed by atoms with Crippen LogP contribution in [0.15, 0.2) is 60.8 Å². The standard InChI is InChI=1S/C31H37FN4O2/c1-20-10-7-14-25(32)27(20)30(38)36-17-9-13-24(28(36)21-15-16-26(33-19-21)35(5)6)29(37)34-23-12-8-11-22(18-23)31(2,3)4/h7-8,10-12,14-16,18-19,24,28H,9,13,17H2,1-6H3,(H,34,37). The van der Waals surface area contributed by atoms with E-state index >= 15 is 0 Å². The number of halogens is 1. The van der Waals surface area contributed by atoms with E-state index in [1.54, 1.807) is 30.2 Å². The van der Waals surface area contributed by atoms with E-state index in [0.717, 1.165) is 22.6 Å². The number of anilines is 2. The summed E-state index contributed by atoms with van der Waals surface area (Å²) in [7, 11) is 3.81. The number of nitrogens with one attached hydrogen (secondary N) is 1. The van der Waals surface area contributed by atoms with Gasteiger partial charge in [0.2, 0.25) is 5.91 Å². The van der Waals surface area contributed by atoms with Gasteiger partial charge in [0.05, 0.1) is 17.5 Å². The van der Waals surface area contributed by atoms with Gasteiger partial charge in [-0.2, -0.15) is 0 Å². The second-order valence-electron chi connectivity index (χ2n) is 11.3. The topological polar surface area (TPSA) is 65.5 Å². The van der Waals surface area contributed by atoms with Crippen LogP contribution in [0.2, 0.25) is 0 Å². The molecule has 0 bridgehead atoms. The number of amides is 2. The van der Waals surface area contributed by atoms with Crippen molar-refractivity contribution >= 4 is 23.3 Å². The molecule has 2 aromatic carbocycles. The highest BCUT2D eigenvalue weighted by molar-refractivity contribution is 5.98. The molecule has 1 saturated heterocycles. The van der Waals surface area contributed by atoms with Crippen LogP contribution in [0.5, 0.6) is 0 Å². The summed E-state index contributed by atoms with van der Waals surface area (Å²) in [6, 6.07) is 15.7. The minimum Gasteiger partial charge on any atom is -0.363 e. The number of rotatable bonds is 5. The molecule has 2 atom stereocenters. The lowest BCUT2D eigenvalue weighted by Gasteiger charge is -2.41. The number of carbonyl (C=O) groups excluding carboxylic acids is 2. The van der Waals surface area contributed by atoms with Crippen molar-refractivity contribution in [2.45, 2.75) is 52.0 Å². The molecule has 0 saturated carbocycles. The first kappa shape index (κ1) is 27.3. The number of pyridine rings is 1. The Morgan fingerprint density at radius 1 is 1.08 bits per heavy atom. The second kappa shape index (κ2) is 10.9. The first-order valence-corrected chi connectivity index (χ1v) is 13.1. The van der Waals surface area contributed by atoms with Crippen molar-refractivity contribution in [1.29, 1.82) is 0 Å². The number of carbonyl (C=O) groups is 2. The van der Waals surface area contributed by atoms with E-state index in [4.69, 9.17) is 0 Å². The van der Waals surface area contributed by atoms with Crippen LogP contribution >= 0.6 is 0 Å². The molecular weight excluding hydrogens is 479 g/mol. The van der Waals surface area contributed by atoms with E-state index in [1.807, 2.05) is 55.4 Å². The molecule has 2 heterocycles. The largest absolute Gasteiger partial charge is 0.363 e. The molecule has 1 aromatic heterocycles. The third-order valence-electron chi connectivity index (χ3n) is 7.23. The lowest BCUT2D eigenvalue weighted by atomic mass is 9.83. The van der Waals surface area contributed by atoms with Crippen LogP contribution in [0.3, 0.4) is 0 Å². The first-order valence-electron chi connectivity index (χ1n) is 13.1. The molecule has 0 radical (unpaired) electrons. The van der Waals surface area contributed by atoms with Crippen molar-refractivity contribution < 1.29 is 14.0 Å². The molecule has 6 nitrogen and oxygen atoms in total. The summed E-state index contributed by atoms with van der Waals surface area (Å²) in [5.74, 6) is -0.882. The summed E-state index contributed by atoms with van der Waals surface area (Å²) in [6.07, 6.45) is 2.96. The summed E-state index contributed by atoms with van der Waals surface area (Å²) < 4.78 is 14.9. The third-order valence-corrected chi connectivity index (χ3v) is 7.23. The zero-order valence-electron chi connectivity index (χ0n) is 23.1. The summed E-state index contributed by atoms with van der Waals surface area (Å²) in [5, 5.41) is 3.10. The van der Waals surface area contributed by atoms with Gasteiger partial charge in [0.15, 0.2) is 0 Å². The Hall–Kier alpha value is -3.74. The maximum Gasteiger partial charge on any atom is 0.257 e. The van der Waals surface area contributed by atoms with Crippen LogP contribution in [0.25, 0.3) is 0 Å². The van der Waals surface area contributed by atoms with Crippen LogP contribution in [-0.2, 0) is 10.2 Å². The highest BCUT2D eigenvalue weighted by Gasteiger charge is 2.40. The number of nitrogens with zero attached hydrogens (tertiary/aromatic N) is 3. The molecule has 38 heavy (non-hydrogen) atoms. The molecule has 2 amide bonds. The average Bonchev–Trinajstić information content (AvgIpc) is 2.87. The minimum absolute atomic E-state index is 0.0503. The number of aromatic nitrogens is 1. The normalized spacial score (nSPS) is 17.7. The number of aryl methyl sites for hydroxylation is 1. The van der Waals surface area contributed by atoms with Crippen LogP contribution < -0.4 is 10.2 Å². The molecule has 1 aliphatic heterocycles. The van der Waals surface area contributed by atoms with E-state index in [-0.39, 0.29) is 16.9 Å². The summed E-state index contributed by atoms with van der Waals surface area (Å²) in [4.78, 5) is 35.7. The van der Waals surface area contributed by atoms with Gasteiger partial charge in [-0.25, -0.2) is 9.37 Å². The Labute approximate surface area is 224 Å². The number of piperidine rings is 1. The zero-order chi connectivity index (χ0) is 27.6. The van der Waals surface area contributed by atoms with Gasteiger partial charge in [0.1, 0.15) is 11.6 Å². The molecule has 4 rings (SSSR count). The van der Waals surface area contributed by atoms with Crippen molar-refractivity contribution in [3.05, 3.63) is 88.9 Å². The number of hydrogen-bond donors (Lipinski definition) is 1. The van der Waals surface area contributed by atoms with Gasteiger partial charge >= 0.3 is 0 Å². The summed E-state index contributed by atoms with van der Waals surface area (Å²) in [6.45, 7) is 8.54. The maximum absolute atomic E-state index is 14.9. The number of benzene rings is 2. The van der Waals surface area contributed by atoms with E-state index in [0.29, 0.717) is 24.9 Å². The van der Waals surface area contributed by atoms with Gasteiger partial charge in [-0.3, -0.25) is 9.59 Å². The van der Waals surface area contributed by atoms with E-state index in [2.05, 4.69) is 31.1 Å². The minimum atomic E-state index is -0.579. The second-order valence-corrected chi connectivity index (χ2v) is 11.3. The van der Waals surface area contributed by atoms with E-state index in [9.17, 15) is 14.0 Å². The Balaban J connectivity index is 1.72. The van der Waals surface area contributed by atoms with Crippen molar-refractivity contribution in [3.8, 4) is 0 Å². The predicted octanol–water partition coefficient (Wildman–Crippen LogP) is 6.12. The van der Waals surface area contributed by atoms with E-state index in [1.165, 1.54) is 6.07 Å². The fraction of sp³-hybridized carbons (Fsp3) is 0.387. The quantitative estimate of drug-likeness (QED) is 0.443. The molecule has 3 aromatic rings. The monoisotopic (exact) mass is 516 g/mol.